The van der Waals surface area contributed by atoms with Gasteiger partial charge in [0.05, 0.1) is 13.6 Å². The van der Waals surface area contributed by atoms with E-state index in [9.17, 15) is 0 Å². The summed E-state index contributed by atoms with van der Waals surface area (Å²) >= 11 is 3.41. The minimum atomic E-state index is 0.774. The average Bonchev–Trinajstić information content (AvgIpc) is 2.50. The lowest BCUT2D eigenvalue weighted by molar-refractivity contribution is 0.291. The Hall–Kier alpha value is -0.490. The van der Waals surface area contributed by atoms with Crippen molar-refractivity contribution in [1.29, 1.82) is 0 Å². The van der Waals surface area contributed by atoms with E-state index < -0.39 is 0 Å². The number of rotatable bonds is 5. The fourth-order valence-electron chi connectivity index (χ4n) is 1.06. The van der Waals surface area contributed by atoms with Crippen LogP contribution >= 0.6 is 15.9 Å². The summed E-state index contributed by atoms with van der Waals surface area (Å²) in [6.45, 7) is 4.91. The first-order chi connectivity index (χ1) is 6.26. The van der Waals surface area contributed by atoms with Crippen molar-refractivity contribution < 1.29 is 0 Å². The van der Waals surface area contributed by atoms with Gasteiger partial charge in [-0.15, -0.1) is 10.2 Å². The Bertz CT molecular complexity index is 249. The molecule has 1 heterocycles. The highest BCUT2D eigenvalue weighted by atomic mass is 79.9. The molecule has 0 saturated carbocycles. The third-order valence-electron chi connectivity index (χ3n) is 1.76. The van der Waals surface area contributed by atoms with Crippen LogP contribution in [0.2, 0.25) is 0 Å². The highest BCUT2D eigenvalue weighted by Crippen LogP contribution is 1.97. The predicted molar refractivity (Wildman–Crippen MR) is 53.5 cm³/mol. The molecular weight excluding hydrogens is 234 g/mol. The summed E-state index contributed by atoms with van der Waals surface area (Å²) in [5.74, 6) is 0.783. The zero-order valence-corrected chi connectivity index (χ0v) is 9.53. The maximum absolute atomic E-state index is 4.12. The molecule has 0 fully saturated rings. The fourth-order valence-corrected chi connectivity index (χ4v) is 1.56. The monoisotopic (exact) mass is 247 g/mol. The van der Waals surface area contributed by atoms with Gasteiger partial charge in [0.15, 0.2) is 5.82 Å². The molecule has 0 bridgehead atoms. The average molecular weight is 248 g/mol. The molecule has 0 aliphatic carbocycles. The van der Waals surface area contributed by atoms with Crippen LogP contribution in [0.1, 0.15) is 12.7 Å². The number of nitrogens with zero attached hydrogens (tertiary/aromatic N) is 5. The van der Waals surface area contributed by atoms with E-state index >= 15 is 0 Å². The number of aromatic nitrogens is 4. The SMILES string of the molecule is CCN(CCBr)Cc1nnn(C)n1. The normalized spacial score (nSPS) is 11.1. The number of halogens is 1. The summed E-state index contributed by atoms with van der Waals surface area (Å²) in [5, 5.41) is 12.8. The first-order valence-corrected chi connectivity index (χ1v) is 5.39. The first-order valence-electron chi connectivity index (χ1n) is 4.27. The van der Waals surface area contributed by atoms with E-state index in [2.05, 4.69) is 43.2 Å². The first kappa shape index (κ1) is 10.6. The van der Waals surface area contributed by atoms with E-state index in [1.54, 1.807) is 7.05 Å². The number of hydrogen-bond donors (Lipinski definition) is 0. The van der Waals surface area contributed by atoms with Crippen molar-refractivity contribution in [3.05, 3.63) is 5.82 Å². The Morgan fingerprint density at radius 2 is 2.31 bits per heavy atom. The molecule has 0 unspecified atom stereocenters. The van der Waals surface area contributed by atoms with Crippen molar-refractivity contribution in [3.8, 4) is 0 Å². The quantitative estimate of drug-likeness (QED) is 0.709. The van der Waals surface area contributed by atoms with E-state index in [0.29, 0.717) is 0 Å². The summed E-state index contributed by atoms with van der Waals surface area (Å²) in [7, 11) is 1.78. The molecule has 13 heavy (non-hydrogen) atoms. The molecule has 0 atom stereocenters. The van der Waals surface area contributed by atoms with Gasteiger partial charge in [-0.3, -0.25) is 4.90 Å². The molecule has 0 saturated heterocycles. The minimum Gasteiger partial charge on any atom is -0.295 e. The van der Waals surface area contributed by atoms with Crippen molar-refractivity contribution in [2.75, 3.05) is 18.4 Å². The molecule has 1 rings (SSSR count). The molecule has 6 heteroatoms. The summed E-state index contributed by atoms with van der Waals surface area (Å²) in [6.07, 6.45) is 0. The maximum atomic E-state index is 4.12. The van der Waals surface area contributed by atoms with E-state index in [1.807, 2.05) is 0 Å². The molecule has 0 N–H and O–H groups in total. The van der Waals surface area contributed by atoms with Gasteiger partial charge in [-0.1, -0.05) is 22.9 Å². The molecular formula is C7H14BrN5. The van der Waals surface area contributed by atoms with E-state index in [4.69, 9.17) is 0 Å². The van der Waals surface area contributed by atoms with Gasteiger partial charge in [-0.2, -0.15) is 4.80 Å². The predicted octanol–water partition coefficient (Wildman–Crippen LogP) is 0.427. The van der Waals surface area contributed by atoms with Crippen molar-refractivity contribution in [2.45, 2.75) is 13.5 Å². The summed E-state index contributed by atoms with van der Waals surface area (Å²) in [6, 6.07) is 0. The number of hydrogen-bond acceptors (Lipinski definition) is 4. The molecule has 0 radical (unpaired) electrons. The second-order valence-corrected chi connectivity index (χ2v) is 3.55. The summed E-state index contributed by atoms with van der Waals surface area (Å²) in [4.78, 5) is 3.74. The highest BCUT2D eigenvalue weighted by Gasteiger charge is 2.06. The van der Waals surface area contributed by atoms with Crippen LogP contribution in [0.25, 0.3) is 0 Å². The Labute approximate surface area is 86.2 Å². The van der Waals surface area contributed by atoms with Gasteiger partial charge in [0.1, 0.15) is 0 Å². The molecule has 0 aliphatic heterocycles. The lowest BCUT2D eigenvalue weighted by atomic mass is 10.4. The number of aryl methyl sites for hydroxylation is 1. The Morgan fingerprint density at radius 1 is 1.54 bits per heavy atom. The van der Waals surface area contributed by atoms with E-state index in [0.717, 1.165) is 30.8 Å². The summed E-state index contributed by atoms with van der Waals surface area (Å²) < 4.78 is 0. The van der Waals surface area contributed by atoms with Gasteiger partial charge >= 0.3 is 0 Å². The van der Waals surface area contributed by atoms with Crippen molar-refractivity contribution >= 4 is 15.9 Å². The van der Waals surface area contributed by atoms with Gasteiger partial charge in [-0.05, 0) is 11.8 Å². The Balaban J connectivity index is 2.46. The van der Waals surface area contributed by atoms with Crippen LogP contribution in [-0.2, 0) is 13.6 Å². The molecule has 0 amide bonds. The highest BCUT2D eigenvalue weighted by molar-refractivity contribution is 9.09. The van der Waals surface area contributed by atoms with Crippen LogP contribution in [0.5, 0.6) is 0 Å². The molecule has 0 aliphatic rings. The van der Waals surface area contributed by atoms with Gasteiger partial charge in [-0.25, -0.2) is 0 Å². The second-order valence-electron chi connectivity index (χ2n) is 2.75. The van der Waals surface area contributed by atoms with E-state index in [1.165, 1.54) is 4.80 Å². The zero-order valence-electron chi connectivity index (χ0n) is 7.94. The fraction of sp³-hybridized carbons (Fsp3) is 0.857. The van der Waals surface area contributed by atoms with Crippen LogP contribution < -0.4 is 0 Å². The van der Waals surface area contributed by atoms with Gasteiger partial charge in [0.2, 0.25) is 0 Å². The van der Waals surface area contributed by atoms with Crippen molar-refractivity contribution in [3.63, 3.8) is 0 Å². The molecule has 0 spiro atoms. The Morgan fingerprint density at radius 3 is 2.77 bits per heavy atom. The van der Waals surface area contributed by atoms with Crippen LogP contribution in [0.3, 0.4) is 0 Å². The number of alkyl halides is 1. The Kier molecular flexibility index (Phi) is 4.31. The standard InChI is InChI=1S/C7H14BrN5/c1-3-13(5-4-8)6-7-9-11-12(2)10-7/h3-6H2,1-2H3. The molecule has 74 valence electrons. The lowest BCUT2D eigenvalue weighted by Gasteiger charge is -2.16. The van der Waals surface area contributed by atoms with Crippen LogP contribution in [0, 0.1) is 0 Å². The van der Waals surface area contributed by atoms with Crippen molar-refractivity contribution in [1.82, 2.24) is 25.1 Å². The molecule has 1 aromatic heterocycles. The van der Waals surface area contributed by atoms with Crippen molar-refractivity contribution in [2.24, 2.45) is 7.05 Å². The largest absolute Gasteiger partial charge is 0.295 e. The second kappa shape index (κ2) is 5.29. The third kappa shape index (κ3) is 3.40. The van der Waals surface area contributed by atoms with Gasteiger partial charge in [0, 0.05) is 11.9 Å². The van der Waals surface area contributed by atoms with Gasteiger partial charge < -0.3 is 0 Å². The van der Waals surface area contributed by atoms with Crippen LogP contribution in [0.15, 0.2) is 0 Å². The third-order valence-corrected chi connectivity index (χ3v) is 2.12. The maximum Gasteiger partial charge on any atom is 0.188 e. The van der Waals surface area contributed by atoms with Crippen LogP contribution in [-0.4, -0.2) is 43.5 Å². The summed E-state index contributed by atoms with van der Waals surface area (Å²) in [5.41, 5.74) is 0. The molecule has 0 aromatic carbocycles. The smallest absolute Gasteiger partial charge is 0.188 e. The zero-order chi connectivity index (χ0) is 9.68. The van der Waals surface area contributed by atoms with Crippen LogP contribution in [0.4, 0.5) is 0 Å². The minimum absolute atomic E-state index is 0.774. The van der Waals surface area contributed by atoms with Gasteiger partial charge in [0.25, 0.3) is 0 Å². The lowest BCUT2D eigenvalue weighted by Crippen LogP contribution is -2.25. The molecule has 5 nitrogen and oxygen atoms in total. The molecule has 1 aromatic rings. The topological polar surface area (TPSA) is 46.8 Å². The number of tetrazole rings is 1. The van der Waals surface area contributed by atoms with E-state index in [-0.39, 0.29) is 0 Å².